The molecule has 35 heavy (non-hydrogen) atoms. The molecule has 2 aromatic heterocycles. The molecular weight excluding hydrogens is 469 g/mol. The van der Waals surface area contributed by atoms with Crippen molar-refractivity contribution in [2.45, 2.75) is 44.7 Å². The molecule has 1 aliphatic heterocycles. The number of carboxylic acids is 1. The van der Waals surface area contributed by atoms with Gasteiger partial charge in [-0.3, -0.25) is 14.8 Å². The van der Waals surface area contributed by atoms with E-state index in [2.05, 4.69) is 14.9 Å². The molecule has 0 bridgehead atoms. The largest absolute Gasteiger partial charge is 0.497 e. The number of rotatable bonds is 10. The molecule has 1 atom stereocenters. The zero-order chi connectivity index (χ0) is 24.8. The van der Waals surface area contributed by atoms with Crippen LogP contribution in [0.3, 0.4) is 0 Å². The lowest BCUT2D eigenvalue weighted by molar-refractivity contribution is -0.153. The second-order valence-electron chi connectivity index (χ2n) is 9.30. The summed E-state index contributed by atoms with van der Waals surface area (Å²) in [6.45, 7) is 2.33. The van der Waals surface area contributed by atoms with Gasteiger partial charge in [0.2, 0.25) is 0 Å². The lowest BCUT2D eigenvalue weighted by Gasteiger charge is -2.39. The summed E-state index contributed by atoms with van der Waals surface area (Å²) < 4.78 is 20.9. The van der Waals surface area contributed by atoms with Crippen molar-refractivity contribution in [1.82, 2.24) is 14.9 Å². The van der Waals surface area contributed by atoms with Crippen molar-refractivity contribution in [2.75, 3.05) is 26.7 Å². The predicted molar refractivity (Wildman–Crippen MR) is 135 cm³/mol. The van der Waals surface area contributed by atoms with E-state index in [0.717, 1.165) is 19.4 Å². The van der Waals surface area contributed by atoms with Gasteiger partial charge in [-0.05, 0) is 94.1 Å². The summed E-state index contributed by atoms with van der Waals surface area (Å²) in [5.74, 6) is -0.248. The van der Waals surface area contributed by atoms with Crippen LogP contribution in [0.5, 0.6) is 5.75 Å². The van der Waals surface area contributed by atoms with Gasteiger partial charge in [0.25, 0.3) is 0 Å². The molecule has 0 radical (unpaired) electrons. The van der Waals surface area contributed by atoms with Crippen molar-refractivity contribution >= 4 is 28.5 Å². The summed E-state index contributed by atoms with van der Waals surface area (Å²) in [6, 6.07) is 9.31. The van der Waals surface area contributed by atoms with Gasteiger partial charge in [-0.1, -0.05) is 11.6 Å². The molecule has 1 N–H and O–H groups in total. The Morgan fingerprint density at radius 3 is 2.69 bits per heavy atom. The average molecular weight is 500 g/mol. The number of alkyl halides is 1. The van der Waals surface area contributed by atoms with Gasteiger partial charge in [0.1, 0.15) is 11.9 Å². The van der Waals surface area contributed by atoms with E-state index in [4.69, 9.17) is 16.3 Å². The summed E-state index contributed by atoms with van der Waals surface area (Å²) in [5.41, 5.74) is 1.31. The topological polar surface area (TPSA) is 75.6 Å². The predicted octanol–water partition coefficient (Wildman–Crippen LogP) is 5.88. The minimum atomic E-state index is -1.39. The number of aryl methyl sites for hydroxylation is 1. The summed E-state index contributed by atoms with van der Waals surface area (Å²) in [6.07, 6.45) is 7.02. The molecule has 3 heterocycles. The fourth-order valence-corrected chi connectivity index (χ4v) is 5.26. The smallest absolute Gasteiger partial charge is 0.309 e. The number of aliphatic carboxylic acids is 1. The lowest BCUT2D eigenvalue weighted by Crippen LogP contribution is -2.44. The van der Waals surface area contributed by atoms with Crippen LogP contribution in [0.2, 0.25) is 5.02 Å². The summed E-state index contributed by atoms with van der Waals surface area (Å²) >= 11 is 6.35. The first kappa shape index (κ1) is 25.3. The Morgan fingerprint density at radius 1 is 1.26 bits per heavy atom. The van der Waals surface area contributed by atoms with Gasteiger partial charge in [-0.15, -0.1) is 0 Å². The van der Waals surface area contributed by atoms with Crippen LogP contribution >= 0.6 is 11.6 Å². The van der Waals surface area contributed by atoms with E-state index in [1.165, 1.54) is 11.8 Å². The van der Waals surface area contributed by atoms with Crippen LogP contribution in [0.15, 0.2) is 48.9 Å². The number of halogens is 2. The molecule has 0 unspecified atom stereocenters. The van der Waals surface area contributed by atoms with Crippen LogP contribution in [0, 0.1) is 5.41 Å². The van der Waals surface area contributed by atoms with Crippen molar-refractivity contribution in [2.24, 2.45) is 5.41 Å². The van der Waals surface area contributed by atoms with Crippen molar-refractivity contribution < 1.29 is 19.0 Å². The third-order valence-electron chi connectivity index (χ3n) is 7.21. The average Bonchev–Trinajstić information content (AvgIpc) is 2.88. The van der Waals surface area contributed by atoms with Crippen molar-refractivity contribution in [3.05, 3.63) is 65.1 Å². The highest BCUT2D eigenvalue weighted by molar-refractivity contribution is 6.32. The minimum Gasteiger partial charge on any atom is -0.497 e. The number of likely N-dealkylation sites (tertiary alicyclic amines) is 1. The maximum atomic E-state index is 15.6. The third kappa shape index (κ3) is 5.90. The van der Waals surface area contributed by atoms with Crippen LogP contribution in [0.25, 0.3) is 10.9 Å². The molecule has 0 aliphatic carbocycles. The molecule has 0 spiro atoms. The highest BCUT2D eigenvalue weighted by atomic mass is 35.5. The Kier molecular flexibility index (Phi) is 8.19. The number of pyridine rings is 2. The van der Waals surface area contributed by atoms with Crippen LogP contribution < -0.4 is 4.74 Å². The first-order valence-electron chi connectivity index (χ1n) is 12.0. The van der Waals surface area contributed by atoms with E-state index in [1.807, 2.05) is 12.1 Å². The molecule has 1 fully saturated rings. The quantitative estimate of drug-likeness (QED) is 0.375. The van der Waals surface area contributed by atoms with Gasteiger partial charge in [-0.2, -0.15) is 0 Å². The third-order valence-corrected chi connectivity index (χ3v) is 7.51. The fourth-order valence-electron chi connectivity index (χ4n) is 4.99. The number of hydrogen-bond acceptors (Lipinski definition) is 5. The first-order chi connectivity index (χ1) is 16.9. The van der Waals surface area contributed by atoms with Crippen LogP contribution in [-0.2, 0) is 11.2 Å². The number of piperidine rings is 1. The van der Waals surface area contributed by atoms with Gasteiger partial charge in [0.15, 0.2) is 0 Å². The Bertz CT molecular complexity index is 1150. The molecule has 186 valence electrons. The maximum Gasteiger partial charge on any atom is 0.309 e. The Labute approximate surface area is 210 Å². The normalized spacial score (nSPS) is 16.8. The zero-order valence-corrected chi connectivity index (χ0v) is 20.7. The molecule has 1 saturated heterocycles. The van der Waals surface area contributed by atoms with Crippen molar-refractivity contribution in [3.8, 4) is 5.75 Å². The summed E-state index contributed by atoms with van der Waals surface area (Å²) in [7, 11) is 1.55. The molecule has 1 aromatic carbocycles. The first-order valence-corrected chi connectivity index (χ1v) is 12.4. The maximum absolute atomic E-state index is 15.6. The summed E-state index contributed by atoms with van der Waals surface area (Å²) in [4.78, 5) is 22.9. The van der Waals surface area contributed by atoms with Crippen LogP contribution in [0.4, 0.5) is 4.39 Å². The lowest BCUT2D eigenvalue weighted by atomic mass is 9.74. The minimum absolute atomic E-state index is 0.0877. The molecule has 8 heteroatoms. The van der Waals surface area contributed by atoms with E-state index >= 15 is 4.39 Å². The number of hydrogen-bond donors (Lipinski definition) is 1. The number of ether oxygens (including phenoxy) is 1. The van der Waals surface area contributed by atoms with Gasteiger partial charge in [-0.25, -0.2) is 4.39 Å². The second-order valence-corrected chi connectivity index (χ2v) is 9.70. The molecule has 4 rings (SSSR count). The molecule has 1 aliphatic rings. The SMILES string of the molecule is COc1ccc2ncc(Cl)c([C@H](F)CCC3(C(=O)O)CCN(CCCc4ccncc4)CC3)c2c1. The molecular formula is C27H31ClFN3O3. The fraction of sp³-hybridized carbons (Fsp3) is 0.444. The molecule has 0 amide bonds. The van der Waals surface area contributed by atoms with Crippen LogP contribution in [-0.4, -0.2) is 52.7 Å². The highest BCUT2D eigenvalue weighted by Gasteiger charge is 2.41. The van der Waals surface area contributed by atoms with Crippen molar-refractivity contribution in [3.63, 3.8) is 0 Å². The van der Waals surface area contributed by atoms with E-state index in [1.54, 1.807) is 37.7 Å². The Morgan fingerprint density at radius 2 is 2.00 bits per heavy atom. The number of benzene rings is 1. The zero-order valence-electron chi connectivity index (χ0n) is 19.9. The number of carboxylic acid groups (broad SMARTS) is 1. The number of carbonyl (C=O) groups is 1. The standard InChI is InChI=1S/C27H31ClFN3O3/c1-35-20-4-5-24-21(17-20)25(22(28)18-31-24)23(29)6-9-27(26(33)34)10-15-32(16-11-27)14-2-3-19-7-12-30-13-8-19/h4-5,7-8,12-13,17-18,23H,2-3,6,9-11,14-16H2,1H3,(H,33,34)/t23-/m1/s1. The number of methoxy groups -OCH3 is 1. The molecule has 0 saturated carbocycles. The van der Waals surface area contributed by atoms with Crippen LogP contribution in [0.1, 0.15) is 49.4 Å². The van der Waals surface area contributed by atoms with Gasteiger partial charge in [0, 0.05) is 29.5 Å². The van der Waals surface area contributed by atoms with Crippen molar-refractivity contribution in [1.29, 1.82) is 0 Å². The van der Waals surface area contributed by atoms with E-state index in [-0.39, 0.29) is 17.9 Å². The Hall–Kier alpha value is -2.77. The van der Waals surface area contributed by atoms with E-state index in [9.17, 15) is 9.90 Å². The second kappa shape index (κ2) is 11.3. The number of aromatic nitrogens is 2. The molecule has 6 nitrogen and oxygen atoms in total. The van der Waals surface area contributed by atoms with Gasteiger partial charge in [0.05, 0.1) is 23.1 Å². The molecule has 3 aromatic rings. The van der Waals surface area contributed by atoms with E-state index < -0.39 is 17.6 Å². The monoisotopic (exact) mass is 499 g/mol. The Balaban J connectivity index is 1.38. The number of nitrogens with zero attached hydrogens (tertiary/aromatic N) is 3. The van der Waals surface area contributed by atoms with Gasteiger partial charge >= 0.3 is 5.97 Å². The highest BCUT2D eigenvalue weighted by Crippen LogP contribution is 2.42. The van der Waals surface area contributed by atoms with Gasteiger partial charge < -0.3 is 14.7 Å². The summed E-state index contributed by atoms with van der Waals surface area (Å²) in [5, 5.41) is 10.9. The number of fused-ring (bicyclic) bond motifs is 1. The van der Waals surface area contributed by atoms with E-state index in [0.29, 0.717) is 48.1 Å².